The molecule has 2 aromatic carbocycles. The van der Waals surface area contributed by atoms with E-state index < -0.39 is 46.5 Å². The van der Waals surface area contributed by atoms with Gasteiger partial charge in [-0.05, 0) is 24.3 Å². The van der Waals surface area contributed by atoms with E-state index in [-0.39, 0.29) is 11.3 Å². The van der Waals surface area contributed by atoms with Crippen molar-refractivity contribution in [2.24, 2.45) is 0 Å². The Balaban J connectivity index is 2.36. The van der Waals surface area contributed by atoms with Gasteiger partial charge in [0.15, 0.2) is 23.3 Å². The van der Waals surface area contributed by atoms with Crippen LogP contribution in [0.3, 0.4) is 0 Å². The summed E-state index contributed by atoms with van der Waals surface area (Å²) in [6, 6.07) is 4.34. The molecule has 2 N–H and O–H groups in total. The molecule has 0 spiro atoms. The molecule has 0 aliphatic heterocycles. The molecule has 0 aliphatic rings. The van der Waals surface area contributed by atoms with Gasteiger partial charge < -0.3 is 10.4 Å². The normalized spacial score (nSPS) is 10.5. The summed E-state index contributed by atoms with van der Waals surface area (Å²) in [4.78, 5) is 22.4. The molecule has 9 heteroatoms. The number of halogens is 5. The zero-order chi connectivity index (χ0) is 17.3. The van der Waals surface area contributed by atoms with Gasteiger partial charge in [0.05, 0.1) is 5.56 Å². The van der Waals surface area contributed by atoms with Crippen LogP contribution in [0.5, 0.6) is 0 Å². The topological polar surface area (TPSA) is 66.4 Å². The monoisotopic (exact) mass is 331 g/mol. The lowest BCUT2D eigenvalue weighted by molar-refractivity contribution is 0.0696. The van der Waals surface area contributed by atoms with Crippen molar-refractivity contribution in [1.82, 2.24) is 0 Å². The standard InChI is InChI=1S/C14H6F5NO3/c15-8-7(9(16)11(18)12(19)10(8)17)13(21)20-6-3-1-5(2-4-6)14(22)23/h1-4H,(H,20,21)(H,22,23). The number of hydrogen-bond acceptors (Lipinski definition) is 2. The molecule has 0 fully saturated rings. The van der Waals surface area contributed by atoms with Crippen molar-refractivity contribution < 1.29 is 36.6 Å². The molecule has 0 unspecified atom stereocenters. The minimum Gasteiger partial charge on any atom is -0.478 e. The summed E-state index contributed by atoms with van der Waals surface area (Å²) in [5.74, 6) is -14.2. The van der Waals surface area contributed by atoms with Crippen LogP contribution in [0.4, 0.5) is 27.6 Å². The predicted octanol–water partition coefficient (Wildman–Crippen LogP) is 3.33. The van der Waals surface area contributed by atoms with E-state index in [9.17, 15) is 31.5 Å². The van der Waals surface area contributed by atoms with Crippen LogP contribution in [0, 0.1) is 29.1 Å². The Morgan fingerprint density at radius 1 is 0.783 bits per heavy atom. The molecule has 0 atom stereocenters. The highest BCUT2D eigenvalue weighted by Crippen LogP contribution is 2.24. The average molecular weight is 331 g/mol. The molecular formula is C14H6F5NO3. The number of anilines is 1. The van der Waals surface area contributed by atoms with E-state index in [0.29, 0.717) is 0 Å². The fourth-order valence-corrected chi connectivity index (χ4v) is 1.69. The van der Waals surface area contributed by atoms with Crippen molar-refractivity contribution in [2.75, 3.05) is 5.32 Å². The van der Waals surface area contributed by atoms with Gasteiger partial charge in [0.25, 0.3) is 5.91 Å². The molecule has 120 valence electrons. The molecule has 1 amide bonds. The fraction of sp³-hybridized carbons (Fsp3) is 0. The summed E-state index contributed by atoms with van der Waals surface area (Å²) in [6.07, 6.45) is 0. The van der Waals surface area contributed by atoms with Gasteiger partial charge in [0.1, 0.15) is 5.56 Å². The summed E-state index contributed by atoms with van der Waals surface area (Å²) in [7, 11) is 0. The van der Waals surface area contributed by atoms with Crippen molar-refractivity contribution >= 4 is 17.6 Å². The van der Waals surface area contributed by atoms with Crippen LogP contribution in [0.2, 0.25) is 0 Å². The summed E-state index contributed by atoms with van der Waals surface area (Å²) in [5, 5.41) is 10.6. The third-order valence-electron chi connectivity index (χ3n) is 2.83. The van der Waals surface area contributed by atoms with Crippen LogP contribution >= 0.6 is 0 Å². The van der Waals surface area contributed by atoms with E-state index in [2.05, 4.69) is 0 Å². The maximum absolute atomic E-state index is 13.5. The number of amides is 1. The highest BCUT2D eigenvalue weighted by Gasteiger charge is 2.29. The molecule has 0 saturated heterocycles. The Bertz CT molecular complexity index is 776. The van der Waals surface area contributed by atoms with Crippen LogP contribution in [-0.2, 0) is 0 Å². The maximum Gasteiger partial charge on any atom is 0.335 e. The van der Waals surface area contributed by atoms with Crippen molar-refractivity contribution in [3.8, 4) is 0 Å². The summed E-state index contributed by atoms with van der Waals surface area (Å²) in [5.41, 5.74) is -1.85. The molecule has 0 aromatic heterocycles. The number of carboxylic acid groups (broad SMARTS) is 1. The SMILES string of the molecule is O=C(O)c1ccc(NC(=O)c2c(F)c(F)c(F)c(F)c2F)cc1. The van der Waals surface area contributed by atoms with Gasteiger partial charge >= 0.3 is 5.97 Å². The molecule has 2 rings (SSSR count). The summed E-state index contributed by atoms with van der Waals surface area (Å²) >= 11 is 0. The Kier molecular flexibility index (Phi) is 4.30. The Morgan fingerprint density at radius 3 is 1.65 bits per heavy atom. The van der Waals surface area contributed by atoms with Crippen LogP contribution < -0.4 is 5.32 Å². The Hall–Kier alpha value is -2.97. The Labute approximate surface area is 125 Å². The summed E-state index contributed by atoms with van der Waals surface area (Å²) in [6.45, 7) is 0. The zero-order valence-electron chi connectivity index (χ0n) is 11.0. The largest absolute Gasteiger partial charge is 0.478 e. The second-order valence-corrected chi connectivity index (χ2v) is 4.28. The first-order valence-corrected chi connectivity index (χ1v) is 5.90. The first-order valence-electron chi connectivity index (χ1n) is 5.90. The van der Waals surface area contributed by atoms with Gasteiger partial charge in [-0.3, -0.25) is 4.79 Å². The minimum atomic E-state index is -2.37. The molecule has 2 aromatic rings. The first-order chi connectivity index (χ1) is 10.7. The van der Waals surface area contributed by atoms with Crippen molar-refractivity contribution in [2.45, 2.75) is 0 Å². The van der Waals surface area contributed by atoms with Crippen molar-refractivity contribution in [3.63, 3.8) is 0 Å². The lowest BCUT2D eigenvalue weighted by atomic mass is 10.1. The van der Waals surface area contributed by atoms with E-state index in [1.165, 1.54) is 0 Å². The average Bonchev–Trinajstić information content (AvgIpc) is 2.51. The molecule has 23 heavy (non-hydrogen) atoms. The van der Waals surface area contributed by atoms with Crippen LogP contribution in [0.25, 0.3) is 0 Å². The Morgan fingerprint density at radius 2 is 1.22 bits per heavy atom. The van der Waals surface area contributed by atoms with Gasteiger partial charge in [-0.15, -0.1) is 0 Å². The number of aromatic carboxylic acids is 1. The van der Waals surface area contributed by atoms with E-state index in [1.807, 2.05) is 5.32 Å². The number of carbonyl (C=O) groups is 2. The van der Waals surface area contributed by atoms with E-state index in [0.717, 1.165) is 24.3 Å². The summed E-state index contributed by atoms with van der Waals surface area (Å²) < 4.78 is 65.9. The van der Waals surface area contributed by atoms with E-state index >= 15 is 0 Å². The van der Waals surface area contributed by atoms with Gasteiger partial charge in [0, 0.05) is 5.69 Å². The molecule has 0 bridgehead atoms. The van der Waals surface area contributed by atoms with E-state index in [1.54, 1.807) is 0 Å². The number of carbonyl (C=O) groups excluding carboxylic acids is 1. The second-order valence-electron chi connectivity index (χ2n) is 4.28. The van der Waals surface area contributed by atoms with E-state index in [4.69, 9.17) is 5.11 Å². The highest BCUT2D eigenvalue weighted by molar-refractivity contribution is 6.04. The number of rotatable bonds is 3. The zero-order valence-corrected chi connectivity index (χ0v) is 11.0. The third kappa shape index (κ3) is 2.98. The maximum atomic E-state index is 13.5. The van der Waals surface area contributed by atoms with Crippen LogP contribution in [0.1, 0.15) is 20.7 Å². The lowest BCUT2D eigenvalue weighted by Gasteiger charge is -2.09. The van der Waals surface area contributed by atoms with Gasteiger partial charge in [-0.25, -0.2) is 26.7 Å². The van der Waals surface area contributed by atoms with Crippen molar-refractivity contribution in [3.05, 3.63) is 64.5 Å². The molecule has 0 saturated carbocycles. The van der Waals surface area contributed by atoms with Gasteiger partial charge in [0.2, 0.25) is 5.82 Å². The molecule has 0 heterocycles. The molecular weight excluding hydrogens is 325 g/mol. The van der Waals surface area contributed by atoms with Gasteiger partial charge in [-0.1, -0.05) is 0 Å². The lowest BCUT2D eigenvalue weighted by Crippen LogP contribution is -2.19. The number of benzene rings is 2. The van der Waals surface area contributed by atoms with Gasteiger partial charge in [-0.2, -0.15) is 0 Å². The molecule has 0 aliphatic carbocycles. The minimum absolute atomic E-state index is 0.0936. The van der Waals surface area contributed by atoms with Crippen molar-refractivity contribution in [1.29, 1.82) is 0 Å². The number of hydrogen-bond donors (Lipinski definition) is 2. The first kappa shape index (κ1) is 16.4. The smallest absolute Gasteiger partial charge is 0.335 e. The van der Waals surface area contributed by atoms with Crippen LogP contribution in [0.15, 0.2) is 24.3 Å². The van der Waals surface area contributed by atoms with Crippen LogP contribution in [-0.4, -0.2) is 17.0 Å². The predicted molar refractivity (Wildman–Crippen MR) is 67.6 cm³/mol. The second kappa shape index (κ2) is 6.03. The number of nitrogens with one attached hydrogen (secondary N) is 1. The molecule has 4 nitrogen and oxygen atoms in total. The third-order valence-corrected chi connectivity index (χ3v) is 2.83. The molecule has 0 radical (unpaired) electrons. The highest BCUT2D eigenvalue weighted by atomic mass is 19.2. The number of carboxylic acids is 1. The quantitative estimate of drug-likeness (QED) is 0.515. The fourth-order valence-electron chi connectivity index (χ4n) is 1.69.